The molecule has 0 aromatic carbocycles. The molecule has 0 aliphatic heterocycles. The summed E-state index contributed by atoms with van der Waals surface area (Å²) in [5, 5.41) is 8.71. The van der Waals surface area contributed by atoms with E-state index in [4.69, 9.17) is 5.11 Å². The Balaban J connectivity index is 2.50. The van der Waals surface area contributed by atoms with Crippen molar-refractivity contribution in [3.05, 3.63) is 18.7 Å². The molecule has 0 radical (unpaired) electrons. The van der Waals surface area contributed by atoms with Crippen LogP contribution in [0, 0.1) is 0 Å². The minimum absolute atomic E-state index is 0.706. The van der Waals surface area contributed by atoms with Crippen LogP contribution >= 0.6 is 0 Å². The summed E-state index contributed by atoms with van der Waals surface area (Å²) in [6.07, 6.45) is 3.13. The molecule has 1 heterocycles. The quantitative estimate of drug-likeness (QED) is 0.610. The Kier molecular flexibility index (Phi) is 2.22. The number of imidazole rings is 1. The highest BCUT2D eigenvalue weighted by molar-refractivity contribution is 5.73. The van der Waals surface area contributed by atoms with Gasteiger partial charge in [-0.1, -0.05) is 0 Å². The predicted octanol–water partition coefficient (Wildman–Crippen LogP) is -0.781. The summed E-state index contributed by atoms with van der Waals surface area (Å²) >= 11 is 0. The molecular formula is C6H8N2O3. The van der Waals surface area contributed by atoms with Crippen molar-refractivity contribution < 1.29 is 14.7 Å². The van der Waals surface area contributed by atoms with Crippen molar-refractivity contribution in [2.24, 2.45) is 0 Å². The maximum absolute atomic E-state index is 10.7. The first-order valence-corrected chi connectivity index (χ1v) is 3.08. The number of carbonyl (C=O) groups is 1. The van der Waals surface area contributed by atoms with Gasteiger partial charge in [-0.3, -0.25) is 0 Å². The van der Waals surface area contributed by atoms with Crippen LogP contribution in [-0.4, -0.2) is 26.9 Å². The second-order valence-corrected chi connectivity index (χ2v) is 2.01. The van der Waals surface area contributed by atoms with Gasteiger partial charge in [0, 0.05) is 6.20 Å². The van der Waals surface area contributed by atoms with E-state index in [0.29, 0.717) is 0 Å². The molecule has 0 fully saturated rings. The van der Waals surface area contributed by atoms with Crippen LogP contribution in [0.3, 0.4) is 0 Å². The molecule has 1 unspecified atom stereocenters. The van der Waals surface area contributed by atoms with Crippen molar-refractivity contribution in [1.29, 1.82) is 0 Å². The summed E-state index contributed by atoms with van der Waals surface area (Å²) in [4.78, 5) is 18.9. The Morgan fingerprint density at radius 1 is 1.82 bits per heavy atom. The lowest BCUT2D eigenvalue weighted by molar-refractivity contribution is -0.153. The zero-order chi connectivity index (χ0) is 8.27. The van der Waals surface area contributed by atoms with E-state index in [0.717, 1.165) is 4.73 Å². The molecule has 1 aromatic rings. The highest BCUT2D eigenvalue weighted by Crippen LogP contribution is 1.85. The second-order valence-electron chi connectivity index (χ2n) is 2.01. The maximum Gasteiger partial charge on any atom is 0.360 e. The molecule has 1 aromatic heterocycles. The first-order valence-electron chi connectivity index (χ1n) is 3.08. The fourth-order valence-corrected chi connectivity index (χ4v) is 0.481. The summed E-state index contributed by atoms with van der Waals surface area (Å²) < 4.78 is 1.12. The molecule has 1 rings (SSSR count). The lowest BCUT2D eigenvalue weighted by Crippen LogP contribution is -2.28. The number of rotatable bonds is 2. The van der Waals surface area contributed by atoms with Crippen molar-refractivity contribution in [1.82, 2.24) is 9.71 Å². The molecular weight excluding hydrogens is 148 g/mol. The zero-order valence-electron chi connectivity index (χ0n) is 5.97. The van der Waals surface area contributed by atoms with Gasteiger partial charge >= 0.3 is 5.97 Å². The molecule has 0 saturated heterocycles. The van der Waals surface area contributed by atoms with Crippen LogP contribution in [-0.2, 0) is 4.79 Å². The van der Waals surface area contributed by atoms with E-state index in [9.17, 15) is 4.79 Å². The summed E-state index contributed by atoms with van der Waals surface area (Å²) in [5.74, 6) is -0.706. The lowest BCUT2D eigenvalue weighted by atomic mass is 10.4. The van der Waals surface area contributed by atoms with Crippen LogP contribution in [0.25, 0.3) is 0 Å². The summed E-state index contributed by atoms with van der Waals surface area (Å²) in [6, 6.07) is 0. The minimum atomic E-state index is -1.11. The molecule has 5 heteroatoms. The molecule has 0 aliphatic carbocycles. The van der Waals surface area contributed by atoms with Gasteiger partial charge in [-0.15, -0.1) is 0 Å². The van der Waals surface area contributed by atoms with Crippen molar-refractivity contribution in [3.63, 3.8) is 0 Å². The monoisotopic (exact) mass is 156 g/mol. The smallest absolute Gasteiger partial charge is 0.360 e. The van der Waals surface area contributed by atoms with Crippen LogP contribution in [0.2, 0.25) is 0 Å². The van der Waals surface area contributed by atoms with Gasteiger partial charge in [0.2, 0.25) is 0 Å². The van der Waals surface area contributed by atoms with E-state index in [1.165, 1.54) is 25.6 Å². The SMILES string of the molecule is CC(O)C(=O)On1ccnc1. The van der Waals surface area contributed by atoms with Crippen LogP contribution in [0.1, 0.15) is 6.92 Å². The van der Waals surface area contributed by atoms with Gasteiger partial charge in [-0.2, -0.15) is 4.73 Å². The number of hydrogen-bond donors (Lipinski definition) is 1. The van der Waals surface area contributed by atoms with Gasteiger partial charge in [0.15, 0.2) is 6.10 Å². The van der Waals surface area contributed by atoms with Crippen LogP contribution < -0.4 is 4.84 Å². The molecule has 0 amide bonds. The van der Waals surface area contributed by atoms with Crippen molar-refractivity contribution >= 4 is 5.97 Å². The van der Waals surface area contributed by atoms with Crippen molar-refractivity contribution in [2.75, 3.05) is 0 Å². The van der Waals surface area contributed by atoms with Crippen LogP contribution in [0.4, 0.5) is 0 Å². The van der Waals surface area contributed by atoms with E-state index in [1.54, 1.807) is 0 Å². The first kappa shape index (κ1) is 7.74. The van der Waals surface area contributed by atoms with E-state index >= 15 is 0 Å². The molecule has 5 nitrogen and oxygen atoms in total. The highest BCUT2D eigenvalue weighted by Gasteiger charge is 2.10. The summed E-state index contributed by atoms with van der Waals surface area (Å²) in [5.41, 5.74) is 0. The molecule has 60 valence electrons. The third kappa shape index (κ3) is 2.05. The number of aliphatic hydroxyl groups is 1. The molecule has 0 aliphatic rings. The second kappa shape index (κ2) is 3.16. The molecule has 11 heavy (non-hydrogen) atoms. The number of aliphatic hydroxyl groups excluding tert-OH is 1. The maximum atomic E-state index is 10.7. The molecule has 1 atom stereocenters. The summed E-state index contributed by atoms with van der Waals surface area (Å²) in [7, 11) is 0. The normalized spacial score (nSPS) is 12.5. The zero-order valence-corrected chi connectivity index (χ0v) is 5.97. The van der Waals surface area contributed by atoms with E-state index in [-0.39, 0.29) is 0 Å². The van der Waals surface area contributed by atoms with Gasteiger partial charge in [-0.25, -0.2) is 9.78 Å². The standard InChI is InChI=1S/C6H8N2O3/c1-5(9)6(10)11-8-3-2-7-4-8/h2-5,9H,1H3. The topological polar surface area (TPSA) is 64.3 Å². The Bertz CT molecular complexity index is 230. The third-order valence-corrected chi connectivity index (χ3v) is 1.02. The van der Waals surface area contributed by atoms with Crippen LogP contribution in [0.5, 0.6) is 0 Å². The average molecular weight is 156 g/mol. The van der Waals surface area contributed by atoms with E-state index in [2.05, 4.69) is 9.82 Å². The molecule has 0 saturated carbocycles. The van der Waals surface area contributed by atoms with Gasteiger partial charge in [0.25, 0.3) is 0 Å². The highest BCUT2D eigenvalue weighted by atomic mass is 16.7. The van der Waals surface area contributed by atoms with Gasteiger partial charge in [0.05, 0.1) is 6.20 Å². The van der Waals surface area contributed by atoms with Gasteiger partial charge in [-0.05, 0) is 6.92 Å². The van der Waals surface area contributed by atoms with Crippen molar-refractivity contribution in [3.8, 4) is 0 Å². The van der Waals surface area contributed by atoms with Gasteiger partial charge in [0.1, 0.15) is 6.33 Å². The van der Waals surface area contributed by atoms with E-state index < -0.39 is 12.1 Å². The molecule has 0 bridgehead atoms. The van der Waals surface area contributed by atoms with Gasteiger partial charge < -0.3 is 9.94 Å². The van der Waals surface area contributed by atoms with Crippen LogP contribution in [0.15, 0.2) is 18.7 Å². The third-order valence-electron chi connectivity index (χ3n) is 1.02. The molecule has 1 N–H and O–H groups in total. The summed E-state index contributed by atoms with van der Waals surface area (Å²) in [6.45, 7) is 1.33. The number of nitrogens with zero attached hydrogens (tertiary/aromatic N) is 2. The average Bonchev–Trinajstić information content (AvgIpc) is 2.39. The Morgan fingerprint density at radius 2 is 2.55 bits per heavy atom. The lowest BCUT2D eigenvalue weighted by Gasteiger charge is -2.03. The Labute approximate surface area is 63.2 Å². The number of aromatic nitrogens is 2. The minimum Gasteiger partial charge on any atom is -0.382 e. The number of hydrogen-bond acceptors (Lipinski definition) is 4. The fraction of sp³-hybridized carbons (Fsp3) is 0.333. The Hall–Kier alpha value is -1.36. The fourth-order valence-electron chi connectivity index (χ4n) is 0.481. The first-order chi connectivity index (χ1) is 5.20. The largest absolute Gasteiger partial charge is 0.382 e. The Morgan fingerprint density at radius 3 is 3.00 bits per heavy atom. The van der Waals surface area contributed by atoms with E-state index in [1.807, 2.05) is 0 Å². The molecule has 0 spiro atoms. The number of carbonyl (C=O) groups excluding carboxylic acids is 1. The van der Waals surface area contributed by atoms with Crippen molar-refractivity contribution in [2.45, 2.75) is 13.0 Å². The predicted molar refractivity (Wildman–Crippen MR) is 35.5 cm³/mol.